The lowest BCUT2D eigenvalue weighted by atomic mass is 9.90. The Bertz CT molecular complexity index is 619. The second kappa shape index (κ2) is 8.31. The minimum Gasteiger partial charge on any atom is -0.306 e. The van der Waals surface area contributed by atoms with Crippen LogP contribution >= 0.6 is 0 Å². The van der Waals surface area contributed by atoms with Crippen molar-refractivity contribution in [2.75, 3.05) is 20.1 Å². The Morgan fingerprint density at radius 1 is 1.26 bits per heavy atom. The third-order valence-electron chi connectivity index (χ3n) is 4.93. The zero-order valence-electron chi connectivity index (χ0n) is 15.3. The van der Waals surface area contributed by atoms with Crippen LogP contribution in [0.1, 0.15) is 49.8 Å². The summed E-state index contributed by atoms with van der Waals surface area (Å²) in [5.74, 6) is 0. The third kappa shape index (κ3) is 4.68. The van der Waals surface area contributed by atoms with Crippen LogP contribution in [-0.2, 0) is 6.42 Å². The zero-order valence-corrected chi connectivity index (χ0v) is 15.3. The highest BCUT2D eigenvalue weighted by atomic mass is 15.1. The summed E-state index contributed by atoms with van der Waals surface area (Å²) in [4.78, 5) is 2.42. The van der Waals surface area contributed by atoms with Crippen molar-refractivity contribution < 1.29 is 0 Å². The maximum atomic E-state index is 4.37. The Hall–Kier alpha value is -1.60. The van der Waals surface area contributed by atoms with Gasteiger partial charge < -0.3 is 4.90 Å². The van der Waals surface area contributed by atoms with Gasteiger partial charge in [0.25, 0.3) is 0 Å². The van der Waals surface area contributed by atoms with Gasteiger partial charge in [0.05, 0.1) is 0 Å². The summed E-state index contributed by atoms with van der Waals surface area (Å²) < 4.78 is 0. The molecule has 1 aromatic rings. The summed E-state index contributed by atoms with van der Waals surface area (Å²) in [5, 5.41) is 0. The van der Waals surface area contributed by atoms with Gasteiger partial charge in [-0.3, -0.25) is 0 Å². The largest absolute Gasteiger partial charge is 0.306 e. The van der Waals surface area contributed by atoms with Crippen molar-refractivity contribution in [3.05, 3.63) is 64.3 Å². The molecule has 1 aliphatic rings. The van der Waals surface area contributed by atoms with Gasteiger partial charge in [-0.05, 0) is 68.8 Å². The van der Waals surface area contributed by atoms with Crippen molar-refractivity contribution >= 4 is 6.08 Å². The van der Waals surface area contributed by atoms with Crippen molar-refractivity contribution in [1.82, 2.24) is 4.90 Å². The van der Waals surface area contributed by atoms with Crippen LogP contribution in [0.25, 0.3) is 6.08 Å². The lowest BCUT2D eigenvalue weighted by molar-refractivity contribution is 0.355. The highest BCUT2D eigenvalue weighted by Gasteiger charge is 2.15. The normalized spacial score (nSPS) is 19.2. The minimum absolute atomic E-state index is 1.05. The second-order valence-electron chi connectivity index (χ2n) is 6.71. The molecule has 1 aromatic carbocycles. The van der Waals surface area contributed by atoms with E-state index in [0.29, 0.717) is 0 Å². The van der Waals surface area contributed by atoms with Crippen LogP contribution in [-0.4, -0.2) is 25.0 Å². The predicted octanol–water partition coefficient (Wildman–Crippen LogP) is 5.56. The Morgan fingerprint density at radius 2 is 2.00 bits per heavy atom. The third-order valence-corrected chi connectivity index (χ3v) is 4.93. The van der Waals surface area contributed by atoms with Crippen molar-refractivity contribution in [3.8, 4) is 0 Å². The molecule has 0 unspecified atom stereocenters. The van der Waals surface area contributed by atoms with Gasteiger partial charge >= 0.3 is 0 Å². The smallest absolute Gasteiger partial charge is 0.00190 e. The molecule has 0 saturated carbocycles. The molecule has 0 atom stereocenters. The van der Waals surface area contributed by atoms with E-state index in [-0.39, 0.29) is 0 Å². The SMILES string of the molecule is C=C1CCN(C)CC/C1=C(/CC)Cc1ccc(C)c(/C=C\C)c1. The first-order valence-electron chi connectivity index (χ1n) is 8.85. The van der Waals surface area contributed by atoms with Crippen LogP contribution in [0, 0.1) is 6.92 Å². The molecule has 1 fully saturated rings. The fraction of sp³-hybridized carbons (Fsp3) is 0.455. The molecule has 0 bridgehead atoms. The molecule has 0 amide bonds. The monoisotopic (exact) mass is 309 g/mol. The maximum Gasteiger partial charge on any atom is 0.00190 e. The first-order chi connectivity index (χ1) is 11.0. The van der Waals surface area contributed by atoms with Gasteiger partial charge in [0.15, 0.2) is 0 Å². The van der Waals surface area contributed by atoms with Crippen molar-refractivity contribution in [3.63, 3.8) is 0 Å². The molecular formula is C22H31N. The van der Waals surface area contributed by atoms with Crippen LogP contribution in [0.4, 0.5) is 0 Å². The molecule has 23 heavy (non-hydrogen) atoms. The van der Waals surface area contributed by atoms with E-state index in [2.05, 4.69) is 69.6 Å². The summed E-state index contributed by atoms with van der Waals surface area (Å²) in [6.07, 6.45) is 8.74. The van der Waals surface area contributed by atoms with Crippen molar-refractivity contribution in [1.29, 1.82) is 0 Å². The summed E-state index contributed by atoms with van der Waals surface area (Å²) in [6.45, 7) is 13.2. The lowest BCUT2D eigenvalue weighted by Gasteiger charge is -2.15. The number of hydrogen-bond acceptors (Lipinski definition) is 1. The molecule has 1 aliphatic heterocycles. The van der Waals surface area contributed by atoms with Crippen LogP contribution in [0.2, 0.25) is 0 Å². The van der Waals surface area contributed by atoms with Gasteiger partial charge in [0.2, 0.25) is 0 Å². The second-order valence-corrected chi connectivity index (χ2v) is 6.71. The average molecular weight is 309 g/mol. The molecular weight excluding hydrogens is 278 g/mol. The summed E-state index contributed by atoms with van der Waals surface area (Å²) in [6, 6.07) is 6.87. The van der Waals surface area contributed by atoms with Crippen LogP contribution in [0.3, 0.4) is 0 Å². The van der Waals surface area contributed by atoms with E-state index < -0.39 is 0 Å². The highest BCUT2D eigenvalue weighted by molar-refractivity contribution is 5.55. The average Bonchev–Trinajstić information content (AvgIpc) is 2.70. The van der Waals surface area contributed by atoms with E-state index in [1.54, 1.807) is 5.57 Å². The van der Waals surface area contributed by atoms with Gasteiger partial charge in [-0.1, -0.05) is 55.0 Å². The van der Waals surface area contributed by atoms with E-state index >= 15 is 0 Å². The molecule has 124 valence electrons. The number of likely N-dealkylation sites (tertiary alicyclic amines) is 1. The first kappa shape index (κ1) is 17.7. The molecule has 1 heterocycles. The van der Waals surface area contributed by atoms with Gasteiger partial charge in [-0.2, -0.15) is 0 Å². The predicted molar refractivity (Wildman–Crippen MR) is 103 cm³/mol. The number of aryl methyl sites for hydroxylation is 1. The van der Waals surface area contributed by atoms with E-state index in [9.17, 15) is 0 Å². The molecule has 1 nitrogen and oxygen atoms in total. The molecule has 2 rings (SSSR count). The molecule has 1 saturated heterocycles. The standard InChI is InChI=1S/C22H31N/c1-6-8-21-16-19(10-9-17(21)3)15-20(7-2)22-12-14-23(5)13-11-18(22)4/h6,8-10,16H,4,7,11-15H2,1-3,5H3/b8-6-,22-20+. The minimum atomic E-state index is 1.05. The van der Waals surface area contributed by atoms with E-state index in [4.69, 9.17) is 0 Å². The number of rotatable bonds is 4. The fourth-order valence-electron chi connectivity index (χ4n) is 3.35. The lowest BCUT2D eigenvalue weighted by Crippen LogP contribution is -2.18. The molecule has 0 radical (unpaired) electrons. The van der Waals surface area contributed by atoms with Gasteiger partial charge in [-0.25, -0.2) is 0 Å². The maximum absolute atomic E-state index is 4.37. The number of benzene rings is 1. The molecule has 0 aromatic heterocycles. The summed E-state index contributed by atoms with van der Waals surface area (Å²) in [7, 11) is 2.21. The zero-order chi connectivity index (χ0) is 16.8. The molecule has 0 spiro atoms. The van der Waals surface area contributed by atoms with E-state index in [1.165, 1.54) is 27.8 Å². The topological polar surface area (TPSA) is 3.24 Å². The van der Waals surface area contributed by atoms with Crippen molar-refractivity contribution in [2.45, 2.75) is 46.5 Å². The Balaban J connectivity index is 2.29. The quantitative estimate of drug-likeness (QED) is 0.704. The van der Waals surface area contributed by atoms with Crippen molar-refractivity contribution in [2.24, 2.45) is 0 Å². The molecule has 0 aliphatic carbocycles. The van der Waals surface area contributed by atoms with E-state index in [1.807, 2.05) is 0 Å². The molecule has 0 N–H and O–H groups in total. The van der Waals surface area contributed by atoms with Gasteiger partial charge in [-0.15, -0.1) is 0 Å². The van der Waals surface area contributed by atoms with Crippen LogP contribution in [0.5, 0.6) is 0 Å². The first-order valence-corrected chi connectivity index (χ1v) is 8.85. The van der Waals surface area contributed by atoms with Crippen LogP contribution in [0.15, 0.2) is 47.6 Å². The number of allylic oxidation sites excluding steroid dienone is 2. The Kier molecular flexibility index (Phi) is 6.41. The summed E-state index contributed by atoms with van der Waals surface area (Å²) >= 11 is 0. The fourth-order valence-corrected chi connectivity index (χ4v) is 3.35. The van der Waals surface area contributed by atoms with Gasteiger partial charge in [0, 0.05) is 13.1 Å². The molecule has 1 heteroatoms. The van der Waals surface area contributed by atoms with Crippen LogP contribution < -0.4 is 0 Å². The number of hydrogen-bond donors (Lipinski definition) is 0. The van der Waals surface area contributed by atoms with Gasteiger partial charge in [0.1, 0.15) is 0 Å². The number of nitrogens with zero attached hydrogens (tertiary/aromatic N) is 1. The Labute approximate surface area is 142 Å². The highest BCUT2D eigenvalue weighted by Crippen LogP contribution is 2.28. The van der Waals surface area contributed by atoms with E-state index in [0.717, 1.165) is 38.8 Å². The summed E-state index contributed by atoms with van der Waals surface area (Å²) in [5.41, 5.74) is 8.55. The Morgan fingerprint density at radius 3 is 2.70 bits per heavy atom.